The van der Waals surface area contributed by atoms with Gasteiger partial charge in [-0.15, -0.1) is 0 Å². The summed E-state index contributed by atoms with van der Waals surface area (Å²) < 4.78 is 0. The molecule has 0 heterocycles. The molecule has 0 spiro atoms. The van der Waals surface area contributed by atoms with E-state index in [9.17, 15) is 0 Å². The van der Waals surface area contributed by atoms with E-state index in [1.807, 2.05) is 6.08 Å². The normalized spacial score (nSPS) is 17.1. The molecule has 0 saturated heterocycles. The first-order chi connectivity index (χ1) is 4.38. The summed E-state index contributed by atoms with van der Waals surface area (Å²) >= 11 is 0. The number of rotatable bonds is 2. The lowest BCUT2D eigenvalue weighted by Crippen LogP contribution is -2.20. The summed E-state index contributed by atoms with van der Waals surface area (Å²) in [7, 11) is 0. The van der Waals surface area contributed by atoms with Gasteiger partial charge in [0.2, 0.25) is 0 Å². The Hall–Kier alpha value is -0.760. The Morgan fingerprint density at radius 1 is 1.78 bits per heavy atom. The lowest BCUT2D eigenvalue weighted by molar-refractivity contribution is 0.880. The molecule has 0 aromatic rings. The third kappa shape index (κ3) is 1.13. The van der Waals surface area contributed by atoms with Gasteiger partial charge in [-0.3, -0.25) is 5.84 Å². The van der Waals surface area contributed by atoms with Gasteiger partial charge >= 0.3 is 0 Å². The topological polar surface area (TPSA) is 38.0 Å². The van der Waals surface area contributed by atoms with E-state index in [-0.39, 0.29) is 0 Å². The Bertz CT molecular complexity index is 156. The van der Waals surface area contributed by atoms with Crippen LogP contribution in [0, 0.1) is 0 Å². The van der Waals surface area contributed by atoms with Crippen molar-refractivity contribution in [3.05, 3.63) is 23.4 Å². The van der Waals surface area contributed by atoms with Crippen LogP contribution in [0.2, 0.25) is 0 Å². The van der Waals surface area contributed by atoms with Crippen LogP contribution >= 0.6 is 0 Å². The summed E-state index contributed by atoms with van der Waals surface area (Å²) in [6.07, 6.45) is 6.30. The molecule has 2 nitrogen and oxygen atoms in total. The molecule has 0 unspecified atom stereocenters. The minimum Gasteiger partial charge on any atom is -0.324 e. The molecule has 2 heteroatoms. The summed E-state index contributed by atoms with van der Waals surface area (Å²) in [6, 6.07) is 0. The maximum Gasteiger partial charge on any atom is 0.0477 e. The largest absolute Gasteiger partial charge is 0.324 e. The van der Waals surface area contributed by atoms with Gasteiger partial charge in [-0.1, -0.05) is 13.0 Å². The minimum atomic E-state index is 1.07. The number of hydrazine groups is 1. The lowest BCUT2D eigenvalue weighted by Gasteiger charge is -2.01. The fraction of sp³-hybridized carbons (Fsp3) is 0.429. The van der Waals surface area contributed by atoms with Crippen molar-refractivity contribution in [2.75, 3.05) is 0 Å². The molecule has 0 aliphatic heterocycles. The highest BCUT2D eigenvalue weighted by atomic mass is 15.2. The summed E-state index contributed by atoms with van der Waals surface area (Å²) in [5, 5.41) is 0. The predicted molar refractivity (Wildman–Crippen MR) is 38.4 cm³/mol. The van der Waals surface area contributed by atoms with Gasteiger partial charge < -0.3 is 5.43 Å². The molecule has 0 atom stereocenters. The van der Waals surface area contributed by atoms with E-state index in [0.717, 1.165) is 18.5 Å². The molecule has 0 saturated carbocycles. The molecular formula is C7H12N2. The first-order valence-electron chi connectivity index (χ1n) is 3.23. The van der Waals surface area contributed by atoms with Crippen LogP contribution in [0.4, 0.5) is 0 Å². The highest BCUT2D eigenvalue weighted by molar-refractivity contribution is 5.31. The number of nitrogens with one attached hydrogen (secondary N) is 1. The van der Waals surface area contributed by atoms with Crippen molar-refractivity contribution in [1.82, 2.24) is 5.43 Å². The molecule has 3 N–H and O–H groups in total. The zero-order valence-electron chi connectivity index (χ0n) is 5.65. The van der Waals surface area contributed by atoms with Crippen molar-refractivity contribution in [2.45, 2.75) is 19.8 Å². The molecule has 9 heavy (non-hydrogen) atoms. The second-order valence-corrected chi connectivity index (χ2v) is 2.12. The average molecular weight is 124 g/mol. The predicted octanol–water partition coefficient (Wildman–Crippen LogP) is 1.07. The van der Waals surface area contributed by atoms with Crippen molar-refractivity contribution in [3.8, 4) is 0 Å². The zero-order chi connectivity index (χ0) is 6.69. The first kappa shape index (κ1) is 6.36. The fourth-order valence-electron chi connectivity index (χ4n) is 1.03. The molecular weight excluding hydrogens is 112 g/mol. The molecule has 0 radical (unpaired) electrons. The number of allylic oxidation sites excluding steroid dienone is 3. The smallest absolute Gasteiger partial charge is 0.0477 e. The lowest BCUT2D eigenvalue weighted by atomic mass is 10.2. The van der Waals surface area contributed by atoms with Gasteiger partial charge in [-0.25, -0.2) is 0 Å². The number of hydrogen-bond acceptors (Lipinski definition) is 2. The van der Waals surface area contributed by atoms with Gasteiger partial charge in [-0.05, 0) is 24.5 Å². The maximum atomic E-state index is 5.24. The molecule has 0 amide bonds. The van der Waals surface area contributed by atoms with Crippen LogP contribution in [0.25, 0.3) is 0 Å². The molecule has 0 aromatic heterocycles. The van der Waals surface area contributed by atoms with Crippen molar-refractivity contribution >= 4 is 0 Å². The average Bonchev–Trinajstić information content (AvgIpc) is 2.33. The van der Waals surface area contributed by atoms with Crippen molar-refractivity contribution in [1.29, 1.82) is 0 Å². The van der Waals surface area contributed by atoms with Gasteiger partial charge in [-0.2, -0.15) is 0 Å². The van der Waals surface area contributed by atoms with E-state index in [1.165, 1.54) is 5.57 Å². The van der Waals surface area contributed by atoms with Crippen LogP contribution in [0.15, 0.2) is 23.4 Å². The Kier molecular flexibility index (Phi) is 1.90. The van der Waals surface area contributed by atoms with E-state index >= 15 is 0 Å². The number of hydrogen-bond donors (Lipinski definition) is 2. The second-order valence-electron chi connectivity index (χ2n) is 2.12. The summed E-state index contributed by atoms with van der Waals surface area (Å²) in [4.78, 5) is 0. The molecule has 50 valence electrons. The van der Waals surface area contributed by atoms with E-state index in [2.05, 4.69) is 18.4 Å². The van der Waals surface area contributed by atoms with Crippen LogP contribution in [0.5, 0.6) is 0 Å². The van der Waals surface area contributed by atoms with Crippen molar-refractivity contribution < 1.29 is 0 Å². The monoisotopic (exact) mass is 124 g/mol. The third-order valence-corrected chi connectivity index (χ3v) is 1.61. The van der Waals surface area contributed by atoms with Crippen LogP contribution < -0.4 is 11.3 Å². The van der Waals surface area contributed by atoms with E-state index in [1.54, 1.807) is 0 Å². The van der Waals surface area contributed by atoms with Crippen LogP contribution in [-0.4, -0.2) is 0 Å². The Labute approximate surface area is 55.4 Å². The highest BCUT2D eigenvalue weighted by Crippen LogP contribution is 2.18. The summed E-state index contributed by atoms with van der Waals surface area (Å²) in [5.41, 5.74) is 5.15. The molecule has 0 bridgehead atoms. The Morgan fingerprint density at radius 2 is 2.56 bits per heavy atom. The molecule has 0 fully saturated rings. The SMILES string of the molecule is CCC1=C(NN)C=CC1. The minimum absolute atomic E-state index is 1.07. The summed E-state index contributed by atoms with van der Waals surface area (Å²) in [5.74, 6) is 5.24. The Morgan fingerprint density at radius 3 is 3.00 bits per heavy atom. The van der Waals surface area contributed by atoms with Gasteiger partial charge in [0.15, 0.2) is 0 Å². The zero-order valence-corrected chi connectivity index (χ0v) is 5.65. The van der Waals surface area contributed by atoms with Gasteiger partial charge in [0.05, 0.1) is 0 Å². The van der Waals surface area contributed by atoms with Gasteiger partial charge in [0, 0.05) is 5.70 Å². The Balaban J connectivity index is 2.67. The quantitative estimate of drug-likeness (QED) is 0.427. The highest BCUT2D eigenvalue weighted by Gasteiger charge is 2.03. The third-order valence-electron chi connectivity index (χ3n) is 1.61. The molecule has 0 aromatic carbocycles. The van der Waals surface area contributed by atoms with Crippen LogP contribution in [0.3, 0.4) is 0 Å². The maximum absolute atomic E-state index is 5.24. The number of nitrogens with two attached hydrogens (primary N) is 1. The van der Waals surface area contributed by atoms with E-state index in [0.29, 0.717) is 0 Å². The van der Waals surface area contributed by atoms with Crippen molar-refractivity contribution in [3.63, 3.8) is 0 Å². The van der Waals surface area contributed by atoms with E-state index in [4.69, 9.17) is 5.84 Å². The van der Waals surface area contributed by atoms with Gasteiger partial charge in [0.1, 0.15) is 0 Å². The summed E-state index contributed by atoms with van der Waals surface area (Å²) in [6.45, 7) is 2.14. The molecule has 1 aliphatic rings. The van der Waals surface area contributed by atoms with Crippen molar-refractivity contribution in [2.24, 2.45) is 5.84 Å². The standard InChI is InChI=1S/C7H12N2/c1-2-6-4-3-5-7(6)9-8/h3,5,9H,2,4,8H2,1H3. The first-order valence-corrected chi connectivity index (χ1v) is 3.23. The fourth-order valence-corrected chi connectivity index (χ4v) is 1.03. The van der Waals surface area contributed by atoms with Crippen LogP contribution in [-0.2, 0) is 0 Å². The molecule has 1 aliphatic carbocycles. The second kappa shape index (κ2) is 2.69. The van der Waals surface area contributed by atoms with Gasteiger partial charge in [0.25, 0.3) is 0 Å². The van der Waals surface area contributed by atoms with Crippen LogP contribution in [0.1, 0.15) is 19.8 Å². The van der Waals surface area contributed by atoms with E-state index < -0.39 is 0 Å². The molecule has 1 rings (SSSR count).